The van der Waals surface area contributed by atoms with Crippen LogP contribution in [0.3, 0.4) is 0 Å². The maximum absolute atomic E-state index is 10.5. The maximum atomic E-state index is 10.5. The van der Waals surface area contributed by atoms with Crippen molar-refractivity contribution in [3.8, 4) is 0 Å². The quantitative estimate of drug-likeness (QED) is 0.247. The third-order valence-corrected chi connectivity index (χ3v) is 4.91. The first kappa shape index (κ1) is 24.1. The Morgan fingerprint density at radius 3 is 1.72 bits per heavy atom. The van der Waals surface area contributed by atoms with E-state index in [2.05, 4.69) is 17.7 Å². The summed E-state index contributed by atoms with van der Waals surface area (Å²) in [7, 11) is 0. The molecule has 1 aliphatic rings. The van der Waals surface area contributed by atoms with E-state index in [9.17, 15) is 4.79 Å². The van der Waals surface area contributed by atoms with Gasteiger partial charge in [0.1, 0.15) is 18.7 Å². The Morgan fingerprint density at radius 2 is 1.32 bits per heavy atom. The van der Waals surface area contributed by atoms with Crippen LogP contribution in [0.4, 0.5) is 0 Å². The summed E-state index contributed by atoms with van der Waals surface area (Å²) in [4.78, 5) is 10.5. The topological polar surface area (TPSA) is 20.1 Å². The number of halogens is 1. The predicted octanol–water partition coefficient (Wildman–Crippen LogP) is 3.23. The number of hydrogen-bond donors (Lipinski definition) is 0. The molecule has 0 saturated heterocycles. The molecular formula is C22H38ClNO. The van der Waals surface area contributed by atoms with Gasteiger partial charge in [-0.2, -0.15) is 0 Å². The summed E-state index contributed by atoms with van der Waals surface area (Å²) in [6, 6.07) is 0. The number of nitrogens with zero attached hydrogens (tertiary/aromatic N) is 1. The van der Waals surface area contributed by atoms with E-state index >= 15 is 0 Å². The number of allylic oxidation sites excluding steroid dienone is 2. The van der Waals surface area contributed by atoms with Crippen molar-refractivity contribution >= 4 is 12.2 Å². The molecule has 0 spiro atoms. The molecule has 0 unspecified atom stereocenters. The van der Waals surface area contributed by atoms with Crippen molar-refractivity contribution in [3.63, 3.8) is 0 Å². The van der Waals surface area contributed by atoms with Crippen molar-refractivity contribution in [1.29, 1.82) is 0 Å². The van der Waals surface area contributed by atoms with Crippen LogP contribution >= 0.6 is 0 Å². The molecule has 1 heterocycles. The standard InChI is InChI=1S/C22H38NO.ClH/c1-2-3-4-5-6-7-8-9-10-11-12-13-14-15-18-23-19-16-22(21-24)17-20-23;/h16,19-20H,2-15,17-18H2,1H3;1H/q+1;/p-1. The second kappa shape index (κ2) is 18.0. The molecule has 0 saturated carbocycles. The van der Waals surface area contributed by atoms with E-state index in [1.807, 2.05) is 18.2 Å². The second-order valence-corrected chi connectivity index (χ2v) is 7.16. The first-order valence-corrected chi connectivity index (χ1v) is 10.4. The molecule has 1 rings (SSSR count). The van der Waals surface area contributed by atoms with E-state index in [0.29, 0.717) is 0 Å². The van der Waals surface area contributed by atoms with E-state index in [0.717, 1.165) is 18.5 Å². The molecule has 0 bridgehead atoms. The Bertz CT molecular complexity index is 422. The minimum Gasteiger partial charge on any atom is -1.00 e. The summed E-state index contributed by atoms with van der Waals surface area (Å²) in [6.45, 7) is 3.37. The molecule has 0 amide bonds. The van der Waals surface area contributed by atoms with Crippen molar-refractivity contribution in [2.24, 2.45) is 0 Å². The van der Waals surface area contributed by atoms with Gasteiger partial charge < -0.3 is 12.4 Å². The SMILES string of the molecule is CCCCCCCCCCCCCCCC[N+]1=CCC(=C=O)C=C1.[Cl-]. The molecule has 3 heteroatoms. The van der Waals surface area contributed by atoms with Crippen molar-refractivity contribution < 1.29 is 21.8 Å². The minimum atomic E-state index is 0. The molecule has 0 N–H and O–H groups in total. The van der Waals surface area contributed by atoms with Crippen molar-refractivity contribution in [3.05, 3.63) is 17.8 Å². The normalized spacial score (nSPS) is 13.3. The van der Waals surface area contributed by atoms with Crippen LogP contribution < -0.4 is 12.4 Å². The lowest BCUT2D eigenvalue weighted by molar-refractivity contribution is -0.454. The molecule has 0 aromatic carbocycles. The summed E-state index contributed by atoms with van der Waals surface area (Å²) in [5.41, 5.74) is 0.757. The van der Waals surface area contributed by atoms with Crippen LogP contribution in [0.15, 0.2) is 17.8 Å². The van der Waals surface area contributed by atoms with Crippen LogP contribution in [-0.4, -0.2) is 23.3 Å². The van der Waals surface area contributed by atoms with Gasteiger partial charge in [-0.1, -0.05) is 84.0 Å². The van der Waals surface area contributed by atoms with E-state index < -0.39 is 0 Å². The highest BCUT2D eigenvalue weighted by Gasteiger charge is 2.07. The molecule has 0 fully saturated rings. The Balaban J connectivity index is 0.00000576. The lowest BCUT2D eigenvalue weighted by Crippen LogP contribution is -3.00. The number of carbonyl (C=O) groups excluding carboxylic acids is 1. The summed E-state index contributed by atoms with van der Waals surface area (Å²) in [6.07, 6.45) is 26.4. The molecule has 0 radical (unpaired) electrons. The minimum absolute atomic E-state index is 0. The summed E-state index contributed by atoms with van der Waals surface area (Å²) in [5.74, 6) is 1.97. The van der Waals surface area contributed by atoms with Gasteiger partial charge in [0.05, 0.1) is 12.0 Å². The molecule has 2 nitrogen and oxygen atoms in total. The number of unbranched alkanes of at least 4 members (excludes halogenated alkanes) is 13. The van der Waals surface area contributed by atoms with E-state index in [4.69, 9.17) is 0 Å². The van der Waals surface area contributed by atoms with Crippen LogP contribution in [0.5, 0.6) is 0 Å². The fraction of sp³-hybridized carbons (Fsp3) is 0.773. The fourth-order valence-electron chi connectivity index (χ4n) is 3.26. The van der Waals surface area contributed by atoms with Crippen molar-refractivity contribution in [2.45, 2.75) is 103 Å². The van der Waals surface area contributed by atoms with Crippen LogP contribution in [0.1, 0.15) is 103 Å². The molecule has 1 aliphatic heterocycles. The zero-order chi connectivity index (χ0) is 17.3. The predicted molar refractivity (Wildman–Crippen MR) is 104 cm³/mol. The molecule has 0 aromatic rings. The summed E-state index contributed by atoms with van der Waals surface area (Å²) < 4.78 is 2.21. The molecular weight excluding hydrogens is 330 g/mol. The van der Waals surface area contributed by atoms with Gasteiger partial charge in [-0.15, -0.1) is 0 Å². The first-order valence-electron chi connectivity index (χ1n) is 10.4. The lowest BCUT2D eigenvalue weighted by Gasteiger charge is -2.04. The number of hydrogen-bond acceptors (Lipinski definition) is 1. The van der Waals surface area contributed by atoms with Crippen molar-refractivity contribution in [1.82, 2.24) is 0 Å². The maximum Gasteiger partial charge on any atom is 0.169 e. The van der Waals surface area contributed by atoms with Gasteiger partial charge in [0.25, 0.3) is 0 Å². The van der Waals surface area contributed by atoms with Crippen LogP contribution in [-0.2, 0) is 4.79 Å². The van der Waals surface area contributed by atoms with Gasteiger partial charge in [-0.05, 0) is 6.42 Å². The zero-order valence-electron chi connectivity index (χ0n) is 16.3. The highest BCUT2D eigenvalue weighted by Crippen LogP contribution is 2.13. The molecule has 0 aliphatic carbocycles. The highest BCUT2D eigenvalue weighted by atomic mass is 35.5. The summed E-state index contributed by atoms with van der Waals surface area (Å²) >= 11 is 0. The lowest BCUT2D eigenvalue weighted by atomic mass is 10.0. The van der Waals surface area contributed by atoms with Gasteiger partial charge in [0, 0.05) is 12.5 Å². The third kappa shape index (κ3) is 14.0. The monoisotopic (exact) mass is 367 g/mol. The first-order chi connectivity index (χ1) is 11.9. The average Bonchev–Trinajstić information content (AvgIpc) is 2.62. The van der Waals surface area contributed by atoms with Crippen LogP contribution in [0.2, 0.25) is 0 Å². The largest absolute Gasteiger partial charge is 1.00 e. The average molecular weight is 368 g/mol. The van der Waals surface area contributed by atoms with Crippen LogP contribution in [0, 0.1) is 0 Å². The Morgan fingerprint density at radius 1 is 0.840 bits per heavy atom. The van der Waals surface area contributed by atoms with Gasteiger partial charge >= 0.3 is 0 Å². The third-order valence-electron chi connectivity index (χ3n) is 4.91. The summed E-state index contributed by atoms with van der Waals surface area (Å²) in [5, 5.41) is 0. The molecule has 144 valence electrons. The Labute approximate surface area is 161 Å². The Kier molecular flexibility index (Phi) is 17.3. The van der Waals surface area contributed by atoms with Gasteiger partial charge in [-0.25, -0.2) is 9.37 Å². The van der Waals surface area contributed by atoms with E-state index in [1.54, 1.807) is 0 Å². The molecule has 25 heavy (non-hydrogen) atoms. The highest BCUT2D eigenvalue weighted by molar-refractivity contribution is 5.69. The molecule has 0 aromatic heterocycles. The van der Waals surface area contributed by atoms with Gasteiger partial charge in [0.15, 0.2) is 6.20 Å². The fourth-order valence-corrected chi connectivity index (χ4v) is 3.26. The van der Waals surface area contributed by atoms with E-state index in [-0.39, 0.29) is 12.4 Å². The smallest absolute Gasteiger partial charge is 0.169 e. The molecule has 0 atom stereocenters. The van der Waals surface area contributed by atoms with Crippen LogP contribution in [0.25, 0.3) is 0 Å². The van der Waals surface area contributed by atoms with Gasteiger partial charge in [-0.3, -0.25) is 0 Å². The zero-order valence-corrected chi connectivity index (χ0v) is 17.0. The number of rotatable bonds is 15. The van der Waals surface area contributed by atoms with Gasteiger partial charge in [0.2, 0.25) is 0 Å². The second-order valence-electron chi connectivity index (χ2n) is 7.16. The Hall–Kier alpha value is -0.850. The van der Waals surface area contributed by atoms with E-state index in [1.165, 1.54) is 89.9 Å². The van der Waals surface area contributed by atoms with Crippen molar-refractivity contribution in [2.75, 3.05) is 6.54 Å².